The number of β-lactam (4-membered cyclic amide) rings is 1. The summed E-state index contributed by atoms with van der Waals surface area (Å²) < 4.78 is -0.620. The van der Waals surface area contributed by atoms with E-state index < -0.39 is 30.2 Å². The van der Waals surface area contributed by atoms with Crippen LogP contribution in [-0.4, -0.2) is 40.6 Å². The molecule has 3 unspecified atom stereocenters. The van der Waals surface area contributed by atoms with Gasteiger partial charge in [0.15, 0.2) is 0 Å². The van der Waals surface area contributed by atoms with E-state index in [2.05, 4.69) is 112 Å². The molecule has 1 aliphatic heterocycles. The van der Waals surface area contributed by atoms with E-state index in [0.29, 0.717) is 0 Å². The van der Waals surface area contributed by atoms with Crippen molar-refractivity contribution in [3.8, 4) is 0 Å². The Labute approximate surface area is 244 Å². The summed E-state index contributed by atoms with van der Waals surface area (Å²) in [6.07, 6.45) is 2.47. The fraction of sp³-hybridized carbons (Fsp3) is 0.294. The third-order valence-corrected chi connectivity index (χ3v) is 13.1. The minimum absolute atomic E-state index is 0.0477. The number of carbonyl (C=O) groups excluding carboxylic acids is 1. The topological polar surface area (TPSA) is 53.4 Å². The van der Waals surface area contributed by atoms with Crippen molar-refractivity contribution >= 4 is 26.5 Å². The SMILES string of the molecule is C[SiH](C)C1(C(O)c2ccncc2)C(=O)N(C(C)(C)C)C1SC(c1ccccc1)(c1ccccc1)c1ccccc1. The zero-order chi connectivity index (χ0) is 28.5. The Morgan fingerprint density at radius 3 is 1.60 bits per heavy atom. The van der Waals surface area contributed by atoms with Crippen molar-refractivity contribution in [2.45, 2.75) is 60.7 Å². The Morgan fingerprint density at radius 2 is 1.23 bits per heavy atom. The molecule has 40 heavy (non-hydrogen) atoms. The lowest BCUT2D eigenvalue weighted by Gasteiger charge is -2.65. The number of rotatable bonds is 8. The Hall–Kier alpha value is -3.19. The molecule has 1 amide bonds. The third-order valence-electron chi connectivity index (χ3n) is 8.21. The van der Waals surface area contributed by atoms with Crippen molar-refractivity contribution in [1.29, 1.82) is 0 Å². The number of hydrogen-bond donors (Lipinski definition) is 1. The second kappa shape index (κ2) is 11.0. The summed E-state index contributed by atoms with van der Waals surface area (Å²) in [7, 11) is -1.82. The van der Waals surface area contributed by atoms with E-state index in [9.17, 15) is 9.90 Å². The molecule has 1 N–H and O–H groups in total. The lowest BCUT2D eigenvalue weighted by molar-refractivity contribution is -0.164. The summed E-state index contributed by atoms with van der Waals surface area (Å²) in [4.78, 5) is 20.7. The second-order valence-corrected chi connectivity index (χ2v) is 16.4. The summed E-state index contributed by atoms with van der Waals surface area (Å²) in [6.45, 7) is 10.7. The minimum atomic E-state index is -1.82. The molecule has 3 atom stereocenters. The van der Waals surface area contributed by atoms with Gasteiger partial charge in [-0.1, -0.05) is 104 Å². The van der Waals surface area contributed by atoms with Gasteiger partial charge >= 0.3 is 0 Å². The average molecular weight is 567 g/mol. The van der Waals surface area contributed by atoms with Gasteiger partial charge in [-0.05, 0) is 55.2 Å². The quantitative estimate of drug-likeness (QED) is 0.141. The zero-order valence-corrected chi connectivity index (χ0v) is 25.8. The van der Waals surface area contributed by atoms with Crippen molar-refractivity contribution in [3.05, 3.63) is 138 Å². The third kappa shape index (κ3) is 4.52. The van der Waals surface area contributed by atoms with Gasteiger partial charge in [-0.25, -0.2) is 0 Å². The molecule has 6 heteroatoms. The van der Waals surface area contributed by atoms with Crippen LogP contribution < -0.4 is 0 Å². The second-order valence-electron chi connectivity index (χ2n) is 11.9. The van der Waals surface area contributed by atoms with Gasteiger partial charge in [0.25, 0.3) is 0 Å². The van der Waals surface area contributed by atoms with Crippen molar-refractivity contribution in [2.24, 2.45) is 0 Å². The van der Waals surface area contributed by atoms with E-state index in [-0.39, 0.29) is 11.3 Å². The van der Waals surface area contributed by atoms with Crippen LogP contribution in [0.4, 0.5) is 0 Å². The summed E-state index contributed by atoms with van der Waals surface area (Å²) >= 11 is 1.80. The highest BCUT2D eigenvalue weighted by Crippen LogP contribution is 2.66. The highest BCUT2D eigenvalue weighted by atomic mass is 32.2. The number of benzene rings is 3. The van der Waals surface area contributed by atoms with Gasteiger partial charge in [-0.2, -0.15) is 0 Å². The maximum absolute atomic E-state index is 14.5. The van der Waals surface area contributed by atoms with Gasteiger partial charge in [-0.3, -0.25) is 9.78 Å². The highest BCUT2D eigenvalue weighted by Gasteiger charge is 2.70. The monoisotopic (exact) mass is 566 g/mol. The van der Waals surface area contributed by atoms with Crippen LogP contribution in [0.1, 0.15) is 49.1 Å². The number of thioether (sulfide) groups is 1. The largest absolute Gasteiger partial charge is 0.387 e. The number of carbonyl (C=O) groups is 1. The number of aliphatic hydroxyl groups is 1. The Kier molecular flexibility index (Phi) is 7.79. The molecular weight excluding hydrogens is 529 g/mol. The first-order chi connectivity index (χ1) is 19.1. The van der Waals surface area contributed by atoms with Crippen LogP contribution in [-0.2, 0) is 9.54 Å². The number of hydrogen-bond acceptors (Lipinski definition) is 4. The van der Waals surface area contributed by atoms with E-state index in [1.165, 1.54) is 0 Å². The van der Waals surface area contributed by atoms with Crippen molar-refractivity contribution in [1.82, 2.24) is 9.88 Å². The smallest absolute Gasteiger partial charge is 0.232 e. The van der Waals surface area contributed by atoms with E-state index in [4.69, 9.17) is 0 Å². The van der Waals surface area contributed by atoms with Crippen LogP contribution >= 0.6 is 11.8 Å². The van der Waals surface area contributed by atoms with Gasteiger partial charge in [0.05, 0.1) is 30.1 Å². The number of likely N-dealkylation sites (tertiary alicyclic amines) is 1. The first kappa shape index (κ1) is 28.3. The molecule has 206 valence electrons. The first-order valence-corrected chi connectivity index (χ1v) is 17.7. The predicted molar refractivity (Wildman–Crippen MR) is 168 cm³/mol. The van der Waals surface area contributed by atoms with E-state index in [0.717, 1.165) is 22.3 Å². The van der Waals surface area contributed by atoms with Gasteiger partial charge in [-0.15, -0.1) is 11.8 Å². The molecule has 4 aromatic rings. The molecule has 4 nitrogen and oxygen atoms in total. The Balaban J connectivity index is 1.79. The molecule has 0 bridgehead atoms. The van der Waals surface area contributed by atoms with Gasteiger partial charge in [0.1, 0.15) is 0 Å². The number of pyridine rings is 1. The summed E-state index contributed by atoms with van der Waals surface area (Å²) in [5, 5.41) is 11.0. The molecular formula is C34H38N2O2SSi. The molecule has 1 aliphatic rings. The Bertz CT molecular complexity index is 1330. The highest BCUT2D eigenvalue weighted by molar-refractivity contribution is 8.01. The van der Waals surface area contributed by atoms with Crippen molar-refractivity contribution in [2.75, 3.05) is 0 Å². The van der Waals surface area contributed by atoms with Crippen molar-refractivity contribution < 1.29 is 9.90 Å². The fourth-order valence-corrected chi connectivity index (χ4v) is 11.5. The summed E-state index contributed by atoms with van der Waals surface area (Å²) in [5.41, 5.74) is 3.75. The van der Waals surface area contributed by atoms with Crippen LogP contribution in [0.5, 0.6) is 0 Å². The molecule has 1 aromatic heterocycles. The van der Waals surface area contributed by atoms with Crippen LogP contribution in [0.15, 0.2) is 116 Å². The van der Waals surface area contributed by atoms with E-state index >= 15 is 0 Å². The minimum Gasteiger partial charge on any atom is -0.387 e. The number of nitrogens with zero attached hydrogens (tertiary/aromatic N) is 2. The summed E-state index contributed by atoms with van der Waals surface area (Å²) in [5.74, 6) is 0.0477. The molecule has 3 aromatic carbocycles. The van der Waals surface area contributed by atoms with Gasteiger partial charge in [0, 0.05) is 17.9 Å². The molecule has 0 aliphatic carbocycles. The zero-order valence-electron chi connectivity index (χ0n) is 23.9. The van der Waals surface area contributed by atoms with Crippen LogP contribution in [0.25, 0.3) is 0 Å². The Morgan fingerprint density at radius 1 is 0.800 bits per heavy atom. The lowest BCUT2D eigenvalue weighted by Crippen LogP contribution is -2.74. The molecule has 2 heterocycles. The molecule has 1 saturated heterocycles. The van der Waals surface area contributed by atoms with Crippen LogP contribution in [0.3, 0.4) is 0 Å². The maximum Gasteiger partial charge on any atom is 0.232 e. The van der Waals surface area contributed by atoms with Crippen LogP contribution in [0, 0.1) is 0 Å². The summed E-state index contributed by atoms with van der Waals surface area (Å²) in [6, 6.07) is 35.4. The first-order valence-electron chi connectivity index (χ1n) is 13.9. The van der Waals surface area contributed by atoms with Crippen molar-refractivity contribution in [3.63, 3.8) is 0 Å². The number of amides is 1. The molecule has 1 fully saturated rings. The molecule has 0 radical (unpaired) electrons. The maximum atomic E-state index is 14.5. The predicted octanol–water partition coefficient (Wildman–Crippen LogP) is 7.03. The van der Waals surface area contributed by atoms with Gasteiger partial charge in [0.2, 0.25) is 5.91 Å². The fourth-order valence-electron chi connectivity index (χ4n) is 6.19. The van der Waals surface area contributed by atoms with Crippen LogP contribution in [0.2, 0.25) is 18.1 Å². The molecule has 0 spiro atoms. The standard InChI is InChI=1S/C34H38N2O2SSi/c1-32(2,3)36-30(38)34(40(4)5,29(37)25-21-23-35-24-22-25)31(36)39-33(26-15-9-6-10-16-26,27-17-11-7-12-18-27)28-19-13-8-14-20-28/h6-24,29,31,37,40H,1-5H3. The lowest BCUT2D eigenvalue weighted by atomic mass is 9.82. The molecule has 0 saturated carbocycles. The number of aromatic nitrogens is 1. The normalized spacial score (nSPS) is 20.3. The molecule has 5 rings (SSSR count). The van der Waals surface area contributed by atoms with E-state index in [1.54, 1.807) is 24.2 Å². The number of aliphatic hydroxyl groups excluding tert-OH is 1. The van der Waals surface area contributed by atoms with E-state index in [1.807, 2.05) is 35.2 Å². The average Bonchev–Trinajstić information content (AvgIpc) is 2.96. The van der Waals surface area contributed by atoms with Gasteiger partial charge < -0.3 is 10.0 Å².